The summed E-state index contributed by atoms with van der Waals surface area (Å²) in [5.41, 5.74) is 16.2. The lowest BCUT2D eigenvalue weighted by Gasteiger charge is -2.49. The van der Waals surface area contributed by atoms with Crippen molar-refractivity contribution in [1.29, 1.82) is 0 Å². The first-order valence-corrected chi connectivity index (χ1v) is 15.5. The third kappa shape index (κ3) is 8.29. The Bertz CT molecular complexity index is 965. The highest BCUT2D eigenvalue weighted by Crippen LogP contribution is 2.33. The van der Waals surface area contributed by atoms with E-state index in [1.165, 1.54) is 14.0 Å². The summed E-state index contributed by atoms with van der Waals surface area (Å²) >= 11 is 0. The second-order valence-electron chi connectivity index (χ2n) is 13.0. The Labute approximate surface area is 261 Å². The molecule has 2 aliphatic carbocycles. The van der Waals surface area contributed by atoms with Crippen LogP contribution in [0.15, 0.2) is 0 Å². The Kier molecular flexibility index (Phi) is 12.5. The summed E-state index contributed by atoms with van der Waals surface area (Å²) < 4.78 is 23.4. The van der Waals surface area contributed by atoms with Crippen molar-refractivity contribution in [2.24, 2.45) is 23.1 Å². The number of nitrogens with two attached hydrogens (primary N) is 3. The fourth-order valence-corrected chi connectivity index (χ4v) is 6.58. The van der Waals surface area contributed by atoms with Gasteiger partial charge in [0.1, 0.15) is 60.5 Å². The number of ether oxygens (including phenoxy) is 4. The van der Waals surface area contributed by atoms with E-state index in [9.17, 15) is 40.5 Å². The van der Waals surface area contributed by atoms with Crippen molar-refractivity contribution in [2.45, 2.75) is 123 Å². The Morgan fingerprint density at radius 3 is 2.24 bits per heavy atom. The molecule has 18 nitrogen and oxygen atoms in total. The van der Waals surface area contributed by atoms with E-state index < -0.39 is 97.1 Å². The maximum atomic E-state index is 12.6. The van der Waals surface area contributed by atoms with Gasteiger partial charge in [0, 0.05) is 25.2 Å². The molecule has 0 aromatic carbocycles. The standard InChI is InChI=1S/C27H52N6O12/c1-27(41)9-42-25(20(39)23(27)31-2)45-22-13(33-24(40)14(34)6-28)5-12(30)21(19(22)38)44-26-18(37)17(36)16(35)15(43-26)8-32-7-10-3-11(29)4-10/h10-23,25-26,31-32,34-39,41H,3-9,28-30H2,1-2H3,(H,33,40)/t10?,11?,12-,13+,14?,15+,16+,17-,18+,19-,20+,21+,22-,23+,25+,26+,27-/m0/s1. The molecule has 2 saturated carbocycles. The van der Waals surface area contributed by atoms with E-state index in [0.717, 1.165) is 12.8 Å². The van der Waals surface area contributed by atoms with Crippen molar-refractivity contribution < 1.29 is 59.5 Å². The van der Waals surface area contributed by atoms with Gasteiger partial charge in [0.2, 0.25) is 5.91 Å². The first-order chi connectivity index (χ1) is 21.2. The Hall–Kier alpha value is -1.17. The van der Waals surface area contributed by atoms with Crippen LogP contribution in [0.3, 0.4) is 0 Å². The van der Waals surface area contributed by atoms with Gasteiger partial charge in [0.05, 0.1) is 18.7 Å². The second kappa shape index (κ2) is 15.4. The number of carbonyl (C=O) groups excluding carboxylic acids is 1. The highest BCUT2D eigenvalue weighted by atomic mass is 16.7. The topological polar surface area (TPSA) is 310 Å². The van der Waals surface area contributed by atoms with Gasteiger partial charge in [-0.2, -0.15) is 0 Å². The lowest BCUT2D eigenvalue weighted by molar-refractivity contribution is -0.331. The van der Waals surface area contributed by atoms with E-state index in [1.807, 2.05) is 0 Å². The Morgan fingerprint density at radius 1 is 0.956 bits per heavy atom. The van der Waals surface area contributed by atoms with Crippen LogP contribution in [-0.2, 0) is 23.7 Å². The summed E-state index contributed by atoms with van der Waals surface area (Å²) in [4.78, 5) is 12.6. The molecule has 0 radical (unpaired) electrons. The van der Waals surface area contributed by atoms with Crippen LogP contribution in [0.5, 0.6) is 0 Å². The van der Waals surface area contributed by atoms with Gasteiger partial charge in [-0.3, -0.25) is 4.79 Å². The van der Waals surface area contributed by atoms with Crippen LogP contribution >= 0.6 is 0 Å². The van der Waals surface area contributed by atoms with Crippen molar-refractivity contribution in [3.63, 3.8) is 0 Å². The lowest BCUT2D eigenvalue weighted by Crippen LogP contribution is -2.70. The largest absolute Gasteiger partial charge is 0.388 e. The molecule has 45 heavy (non-hydrogen) atoms. The zero-order valence-electron chi connectivity index (χ0n) is 25.6. The van der Waals surface area contributed by atoms with Crippen molar-refractivity contribution in [3.8, 4) is 0 Å². The Morgan fingerprint density at radius 2 is 1.62 bits per heavy atom. The molecule has 4 fully saturated rings. The van der Waals surface area contributed by atoms with Gasteiger partial charge in [-0.1, -0.05) is 0 Å². The lowest BCUT2D eigenvalue weighted by atomic mass is 9.81. The van der Waals surface area contributed by atoms with Crippen LogP contribution in [0, 0.1) is 5.92 Å². The summed E-state index contributed by atoms with van der Waals surface area (Å²) in [7, 11) is 1.53. The second-order valence-corrected chi connectivity index (χ2v) is 13.0. The van der Waals surface area contributed by atoms with Crippen LogP contribution in [0.25, 0.3) is 0 Å². The molecule has 18 heteroatoms. The van der Waals surface area contributed by atoms with E-state index in [2.05, 4.69) is 16.0 Å². The molecule has 0 aromatic rings. The molecule has 2 saturated heterocycles. The molecule has 262 valence electrons. The quantitative estimate of drug-likeness (QED) is 0.0931. The monoisotopic (exact) mass is 652 g/mol. The van der Waals surface area contributed by atoms with Crippen LogP contribution < -0.4 is 33.2 Å². The molecule has 0 spiro atoms. The first-order valence-electron chi connectivity index (χ1n) is 15.5. The SMILES string of the molecule is CN[C@@H]1[C@@H](O)[C@@H](O[C@@H]2[C@@H](O)[C@H](O[C@H]3O[C@H](CNCC4CC(N)C4)[C@@H](O)[C@H](O)[C@H]3O)[C@@H](N)C[C@H]2NC(=O)C(O)CN)OC[C@]1(C)O. The number of carbonyl (C=O) groups is 1. The van der Waals surface area contributed by atoms with Gasteiger partial charge in [-0.05, 0) is 45.7 Å². The molecule has 2 heterocycles. The van der Waals surface area contributed by atoms with E-state index >= 15 is 0 Å². The minimum absolute atomic E-state index is 0.0755. The number of hydrogen-bond acceptors (Lipinski definition) is 17. The van der Waals surface area contributed by atoms with Gasteiger partial charge >= 0.3 is 0 Å². The maximum absolute atomic E-state index is 12.6. The normalized spacial score (nSPS) is 48.0. The predicted octanol–water partition coefficient (Wildman–Crippen LogP) is -7.16. The number of aliphatic hydroxyl groups is 7. The molecule has 0 bridgehead atoms. The van der Waals surface area contributed by atoms with Crippen molar-refractivity contribution in [1.82, 2.24) is 16.0 Å². The number of likely N-dealkylation sites (N-methyl/N-ethyl adjacent to an activating group) is 1. The number of amides is 1. The Balaban J connectivity index is 1.48. The third-order valence-electron chi connectivity index (χ3n) is 9.31. The summed E-state index contributed by atoms with van der Waals surface area (Å²) in [6.45, 7) is 1.61. The molecule has 0 aromatic heterocycles. The summed E-state index contributed by atoms with van der Waals surface area (Å²) in [6, 6.07) is -2.74. The molecule has 1 unspecified atom stereocenters. The first kappa shape index (κ1) is 36.7. The zero-order chi connectivity index (χ0) is 33.2. The summed E-state index contributed by atoms with van der Waals surface area (Å²) in [5, 5.41) is 83.5. The van der Waals surface area contributed by atoms with E-state index in [0.29, 0.717) is 12.5 Å². The van der Waals surface area contributed by atoms with Crippen LogP contribution in [0.4, 0.5) is 0 Å². The predicted molar refractivity (Wildman–Crippen MR) is 155 cm³/mol. The van der Waals surface area contributed by atoms with Crippen LogP contribution in [0.1, 0.15) is 26.2 Å². The smallest absolute Gasteiger partial charge is 0.250 e. The van der Waals surface area contributed by atoms with Crippen molar-refractivity contribution in [2.75, 3.05) is 33.3 Å². The molecule has 15 atom stereocenters. The fraction of sp³-hybridized carbons (Fsp3) is 0.963. The highest BCUT2D eigenvalue weighted by Gasteiger charge is 2.53. The molecule has 1 amide bonds. The number of nitrogens with one attached hydrogen (secondary N) is 3. The van der Waals surface area contributed by atoms with Crippen LogP contribution in [-0.4, -0.2) is 172 Å². The van der Waals surface area contributed by atoms with E-state index in [1.54, 1.807) is 0 Å². The van der Waals surface area contributed by atoms with Gasteiger partial charge in [-0.15, -0.1) is 0 Å². The summed E-state index contributed by atoms with van der Waals surface area (Å²) in [5.74, 6) is -0.463. The molecule has 2 aliphatic heterocycles. The molecule has 4 aliphatic rings. The average molecular weight is 653 g/mol. The third-order valence-corrected chi connectivity index (χ3v) is 9.31. The maximum Gasteiger partial charge on any atom is 0.250 e. The average Bonchev–Trinajstić information content (AvgIpc) is 2.97. The van der Waals surface area contributed by atoms with Gasteiger partial charge < -0.3 is 87.8 Å². The number of aliphatic hydroxyl groups excluding tert-OH is 6. The minimum atomic E-state index is -1.71. The van der Waals surface area contributed by atoms with Gasteiger partial charge in [0.15, 0.2) is 12.6 Å². The molecule has 4 rings (SSSR count). The van der Waals surface area contributed by atoms with Gasteiger partial charge in [0.25, 0.3) is 0 Å². The van der Waals surface area contributed by atoms with Crippen molar-refractivity contribution >= 4 is 5.91 Å². The molecule has 16 N–H and O–H groups in total. The molecular weight excluding hydrogens is 600 g/mol. The summed E-state index contributed by atoms with van der Waals surface area (Å²) in [6.07, 6.45) is -14.3. The fourth-order valence-electron chi connectivity index (χ4n) is 6.58. The van der Waals surface area contributed by atoms with Crippen molar-refractivity contribution in [3.05, 3.63) is 0 Å². The minimum Gasteiger partial charge on any atom is -0.388 e. The zero-order valence-corrected chi connectivity index (χ0v) is 25.6. The number of hydrogen-bond donors (Lipinski definition) is 13. The van der Waals surface area contributed by atoms with E-state index in [4.69, 9.17) is 36.1 Å². The number of rotatable bonds is 12. The van der Waals surface area contributed by atoms with Crippen LogP contribution in [0.2, 0.25) is 0 Å². The highest BCUT2D eigenvalue weighted by molar-refractivity contribution is 5.81. The van der Waals surface area contributed by atoms with Gasteiger partial charge in [-0.25, -0.2) is 0 Å². The van der Waals surface area contributed by atoms with E-state index in [-0.39, 0.29) is 32.2 Å². The molecular formula is C27H52N6O12.